The maximum atomic E-state index is 10.7. The number of hydrogen-bond acceptors (Lipinski definition) is 32. The van der Waals surface area contributed by atoms with Crippen molar-refractivity contribution < 1.29 is 170 Å². The van der Waals surface area contributed by atoms with E-state index in [1.54, 1.807) is 39.5 Å². The Morgan fingerprint density at radius 3 is 1.07 bits per heavy atom. The number of aldehydes is 1. The Kier molecular flexibility index (Phi) is 79.9. The van der Waals surface area contributed by atoms with Crippen molar-refractivity contribution in [3.05, 3.63) is 123 Å². The van der Waals surface area contributed by atoms with E-state index < -0.39 is 28.7 Å². The Balaban J connectivity index is -0.00000177. The van der Waals surface area contributed by atoms with Crippen LogP contribution in [-0.2, 0) is 152 Å². The molecule has 691 valence electrons. The molecular weight excluding hydrogens is 1610 g/mol. The number of carbonyl (C=O) groups excluding carboxylic acids is 4. The molecule has 0 aromatic heterocycles. The van der Waals surface area contributed by atoms with Crippen molar-refractivity contribution in [2.45, 2.75) is 151 Å². The molecule has 34 heteroatoms. The minimum absolute atomic E-state index is 0. The number of carbonyl (C=O) groups is 4. The van der Waals surface area contributed by atoms with E-state index in [1.165, 1.54) is 5.56 Å². The zero-order valence-corrected chi connectivity index (χ0v) is 77.5. The van der Waals surface area contributed by atoms with Crippen molar-refractivity contribution in [3.63, 3.8) is 0 Å². The van der Waals surface area contributed by atoms with Gasteiger partial charge in [-0.25, -0.2) is 19.4 Å². The van der Waals surface area contributed by atoms with Gasteiger partial charge in [-0.05, 0) is 140 Å². The van der Waals surface area contributed by atoms with Crippen LogP contribution in [0.5, 0.6) is 17.2 Å². The molecule has 4 rings (SSSR count). The number of nitrogens with zero attached hydrogens (tertiary/aromatic N) is 3. The number of methoxy groups -OCH3 is 3. The van der Waals surface area contributed by atoms with Crippen molar-refractivity contribution in [2.24, 2.45) is 11.8 Å². The van der Waals surface area contributed by atoms with Crippen LogP contribution in [0.4, 0.5) is 0 Å². The molecular formula is C89H142BN3NaO29. The van der Waals surface area contributed by atoms with Gasteiger partial charge in [0.15, 0.2) is 11.5 Å². The second-order valence-electron chi connectivity index (χ2n) is 27.8. The molecule has 5 N–H and O–H groups in total. The van der Waals surface area contributed by atoms with Crippen molar-refractivity contribution >= 4 is 32.6 Å². The number of carboxylic acid groups (broad SMARTS) is 1. The molecule has 2 unspecified atom stereocenters. The molecule has 0 bridgehead atoms. The molecule has 0 heterocycles. The fourth-order valence-corrected chi connectivity index (χ4v) is 11.4. The number of aliphatic carboxylic acids is 1. The summed E-state index contributed by atoms with van der Waals surface area (Å²) in [7, 11) is 7.02. The summed E-state index contributed by atoms with van der Waals surface area (Å²) >= 11 is 0. The first-order chi connectivity index (χ1) is 58.6. The van der Waals surface area contributed by atoms with E-state index in [2.05, 4.69) is 66.8 Å². The van der Waals surface area contributed by atoms with Crippen LogP contribution in [0.15, 0.2) is 72.8 Å². The van der Waals surface area contributed by atoms with Gasteiger partial charge in [0.2, 0.25) is 0 Å². The molecule has 0 aliphatic carbocycles. The maximum Gasteiger partial charge on any atom is 1.00 e. The Morgan fingerprint density at radius 1 is 0.431 bits per heavy atom. The van der Waals surface area contributed by atoms with Gasteiger partial charge in [-0.3, -0.25) is 0 Å². The van der Waals surface area contributed by atoms with Crippen LogP contribution < -0.4 is 48.9 Å². The largest absolute Gasteiger partial charge is 1.00 e. The van der Waals surface area contributed by atoms with E-state index >= 15 is 0 Å². The fraction of sp³-hybridized carbons (Fsp3) is 0.663. The first-order valence-corrected chi connectivity index (χ1v) is 41.3. The number of carboxylic acids is 1. The van der Waals surface area contributed by atoms with Gasteiger partial charge >= 0.3 is 41.5 Å². The SMILES string of the molecule is CC(=O)OOC(C)=O.CC(=O)[O-].CC(C)C(C#N)(CCC=O)c1ccc(CO)c(CO)c1.CCCCc1ccc(OCCOCCOCCOCCOCCOCCOCCOC)c(CO)c1.COCCOCCOCCOCCOCCOCCOCCOc1ccc(CCN(C)CCCC(C#N)(c2ccc(CO)c(CO)c2)C(C)C)cc1OC.[B].[Na+]. The molecule has 32 nitrogen and oxygen atoms in total. The predicted molar refractivity (Wildman–Crippen MR) is 455 cm³/mol. The molecule has 123 heavy (non-hydrogen) atoms. The third kappa shape index (κ3) is 58.6. The molecule has 0 saturated carbocycles. The second-order valence-corrected chi connectivity index (χ2v) is 27.8. The number of ether oxygens (including phenoxy) is 17. The van der Waals surface area contributed by atoms with E-state index in [-0.39, 0.29) is 82.8 Å². The second kappa shape index (κ2) is 81.4. The Hall–Kier alpha value is -6.40. The Morgan fingerprint density at radius 2 is 0.756 bits per heavy atom. The normalized spacial score (nSPS) is 11.7. The van der Waals surface area contributed by atoms with Gasteiger partial charge in [-0.2, -0.15) is 10.5 Å². The van der Waals surface area contributed by atoms with Crippen LogP contribution >= 0.6 is 0 Å². The molecule has 4 aromatic carbocycles. The number of likely N-dealkylation sites (N-methyl/N-ethyl adjacent to an activating group) is 1. The average Bonchev–Trinajstić information content (AvgIpc) is 0.795. The Labute approximate surface area is 754 Å². The number of rotatable bonds is 67. The maximum absolute atomic E-state index is 10.7. The average molecular weight is 1750 g/mol. The van der Waals surface area contributed by atoms with E-state index in [4.69, 9.17) is 90.4 Å². The number of aliphatic hydroxyl groups excluding tert-OH is 5. The van der Waals surface area contributed by atoms with Crippen LogP contribution in [0.3, 0.4) is 0 Å². The summed E-state index contributed by atoms with van der Waals surface area (Å²) in [6.45, 7) is 28.8. The Bertz CT molecular complexity index is 3340. The minimum Gasteiger partial charge on any atom is -0.550 e. The summed E-state index contributed by atoms with van der Waals surface area (Å²) < 4.78 is 92.6. The molecule has 0 saturated heterocycles. The molecule has 0 amide bonds. The molecule has 4 aromatic rings. The number of aryl methyl sites for hydroxylation is 1. The predicted octanol–water partition coefficient (Wildman–Crippen LogP) is 4.30. The molecule has 2 atom stereocenters. The molecule has 0 aliphatic heterocycles. The van der Waals surface area contributed by atoms with Crippen molar-refractivity contribution in [1.82, 2.24) is 4.90 Å². The van der Waals surface area contributed by atoms with Gasteiger partial charge in [0.1, 0.15) is 25.2 Å². The summed E-state index contributed by atoms with van der Waals surface area (Å²) in [5.74, 6) is -0.169. The summed E-state index contributed by atoms with van der Waals surface area (Å²) in [6, 6.07) is 27.9. The molecule has 0 spiro atoms. The number of benzene rings is 4. The van der Waals surface area contributed by atoms with Crippen LogP contribution in [0.2, 0.25) is 0 Å². The van der Waals surface area contributed by atoms with Gasteiger partial charge in [0.05, 0.1) is 235 Å². The van der Waals surface area contributed by atoms with Crippen molar-refractivity contribution in [3.8, 4) is 29.4 Å². The smallest absolute Gasteiger partial charge is 0.550 e. The zero-order chi connectivity index (χ0) is 89.8. The summed E-state index contributed by atoms with van der Waals surface area (Å²) in [5.41, 5.74) is 6.08. The minimum atomic E-state index is -1.08. The monoisotopic (exact) mass is 1750 g/mol. The van der Waals surface area contributed by atoms with E-state index in [9.17, 15) is 50.4 Å². The summed E-state index contributed by atoms with van der Waals surface area (Å²) in [6.07, 6.45) is 7.30. The van der Waals surface area contributed by atoms with Gasteiger partial charge < -0.3 is 126 Å². The number of nitriles is 2. The van der Waals surface area contributed by atoms with Gasteiger partial charge in [-0.15, -0.1) is 0 Å². The van der Waals surface area contributed by atoms with Crippen molar-refractivity contribution in [1.29, 1.82) is 10.5 Å². The van der Waals surface area contributed by atoms with Gasteiger partial charge in [0, 0.05) is 61.0 Å². The van der Waals surface area contributed by atoms with Crippen LogP contribution in [0.1, 0.15) is 144 Å². The third-order valence-corrected chi connectivity index (χ3v) is 18.2. The fourth-order valence-electron chi connectivity index (χ4n) is 11.4. The third-order valence-electron chi connectivity index (χ3n) is 18.2. The van der Waals surface area contributed by atoms with E-state index in [0.29, 0.717) is 244 Å². The van der Waals surface area contributed by atoms with Gasteiger partial charge in [-0.1, -0.05) is 89.6 Å². The quantitative estimate of drug-likeness (QED) is 0.0135. The number of unbranched alkanes of at least 4 members (excludes halogenated alkanes) is 1. The van der Waals surface area contributed by atoms with Crippen LogP contribution in [-0.4, -0.2) is 289 Å². The van der Waals surface area contributed by atoms with Crippen molar-refractivity contribution in [2.75, 3.05) is 226 Å². The van der Waals surface area contributed by atoms with E-state index in [0.717, 1.165) is 94.5 Å². The number of aliphatic hydroxyl groups is 5. The van der Waals surface area contributed by atoms with Gasteiger partial charge in [0.25, 0.3) is 0 Å². The zero-order valence-electron chi connectivity index (χ0n) is 75.5. The molecule has 3 radical (unpaired) electrons. The summed E-state index contributed by atoms with van der Waals surface area (Å²) in [5, 5.41) is 76.5. The molecule has 0 fully saturated rings. The topological polar surface area (TPSA) is 419 Å². The standard InChI is InChI=1S/C41H66N2O11.C26H46O9.C16H21NO3.C4H6O4.C2H4O2.B.Na/c1-34(2)41(33-42,38-9-8-36(31-44)37(30-38)32-45)12-6-13-43(3)14-11-35-7-10-39(40(29-35)47-5)54-28-27-53-26-25-52-24-23-51-22-21-50-20-19-49-18-17-48-16-15-46-4;1-3-4-5-24-6-7-26(25(22-24)23-27)35-21-20-34-19-18-33-17-16-32-15-14-31-13-12-30-11-10-29-9-8-28-2;1-12(2)16(11-17,6-3-7-18)15-5-4-13(9-19)14(8-15)10-20;1-3(5)7-8-4(2)6;1-2(3)4;;/h7-10,29-30,34,44-45H,6,11-28,31-32H2,1-5H3;6-7,22,27H,3-5,8-21,23H2,1-2H3;4-5,7-8,12,19-20H,3,6,9-10H2,1-2H3;1-2H3;1H3,(H,3,4);;/q;;;;;;+1/p-1. The number of hydrogen-bond donors (Lipinski definition) is 5. The first kappa shape index (κ1) is 121. The molecule has 0 aliphatic rings. The first-order valence-electron chi connectivity index (χ1n) is 41.3. The van der Waals surface area contributed by atoms with Crippen LogP contribution in [0, 0.1) is 34.5 Å². The van der Waals surface area contributed by atoms with Crippen LogP contribution in [0.25, 0.3) is 0 Å². The van der Waals surface area contributed by atoms with E-state index in [1.807, 2.05) is 56.3 Å². The summed E-state index contributed by atoms with van der Waals surface area (Å²) in [4.78, 5) is 49.2.